The van der Waals surface area contributed by atoms with Crippen molar-refractivity contribution in [2.45, 2.75) is 6.42 Å². The summed E-state index contributed by atoms with van der Waals surface area (Å²) >= 11 is 0. The molecule has 0 radical (unpaired) electrons. The van der Waals surface area contributed by atoms with Gasteiger partial charge in [-0.05, 0) is 11.5 Å². The van der Waals surface area contributed by atoms with E-state index in [1.807, 2.05) is 0 Å². The van der Waals surface area contributed by atoms with Crippen LogP contribution in [0.2, 0.25) is 0 Å². The first-order chi connectivity index (χ1) is 9.70. The van der Waals surface area contributed by atoms with Gasteiger partial charge >= 0.3 is 6.03 Å². The second-order valence-electron chi connectivity index (χ2n) is 4.45. The molecule has 0 spiro atoms. The molecule has 1 aliphatic rings. The van der Waals surface area contributed by atoms with Crippen LogP contribution in [0.15, 0.2) is 30.5 Å². The van der Waals surface area contributed by atoms with Crippen molar-refractivity contribution in [1.82, 2.24) is 10.3 Å². The van der Waals surface area contributed by atoms with Crippen LogP contribution in [-0.2, 0) is 4.79 Å². The number of pyridine rings is 1. The van der Waals surface area contributed by atoms with Gasteiger partial charge in [0.25, 0.3) is 0 Å². The number of urea groups is 1. The summed E-state index contributed by atoms with van der Waals surface area (Å²) in [5.41, 5.74) is 0.541. The standard InChI is InChI=1S/C14H11N3O3/c18-8-9-2-1-3-11-10(9)4-6-15-13(11)17-7-5-12(19)16-14(17)20/h1-4,6,8H,5,7H2,(H,16,19,20). The number of carbonyl (C=O) groups excluding carboxylic acids is 3. The molecule has 0 atom stereocenters. The number of aldehydes is 1. The first kappa shape index (κ1) is 12.3. The molecule has 20 heavy (non-hydrogen) atoms. The van der Waals surface area contributed by atoms with Gasteiger partial charge in [0, 0.05) is 30.1 Å². The Morgan fingerprint density at radius 3 is 2.80 bits per heavy atom. The summed E-state index contributed by atoms with van der Waals surface area (Å²) in [5, 5.41) is 3.70. The van der Waals surface area contributed by atoms with Crippen molar-refractivity contribution in [3.63, 3.8) is 0 Å². The fourth-order valence-electron chi connectivity index (χ4n) is 2.30. The third kappa shape index (κ3) is 1.91. The highest BCUT2D eigenvalue weighted by Gasteiger charge is 2.26. The molecule has 1 saturated heterocycles. The highest BCUT2D eigenvalue weighted by atomic mass is 16.2. The summed E-state index contributed by atoms with van der Waals surface area (Å²) in [6.45, 7) is 0.280. The van der Waals surface area contributed by atoms with Crippen LogP contribution < -0.4 is 10.2 Å². The molecule has 0 aliphatic carbocycles. The van der Waals surface area contributed by atoms with Gasteiger partial charge in [-0.15, -0.1) is 0 Å². The Balaban J connectivity index is 2.15. The van der Waals surface area contributed by atoms with E-state index in [1.165, 1.54) is 4.90 Å². The summed E-state index contributed by atoms with van der Waals surface area (Å²) in [6, 6.07) is 6.49. The van der Waals surface area contributed by atoms with Crippen molar-refractivity contribution in [2.24, 2.45) is 0 Å². The molecule has 1 fully saturated rings. The summed E-state index contributed by atoms with van der Waals surface area (Å²) in [7, 11) is 0. The van der Waals surface area contributed by atoms with Crippen LogP contribution in [0.1, 0.15) is 16.8 Å². The lowest BCUT2D eigenvalue weighted by atomic mass is 10.1. The number of imide groups is 1. The number of hydrogen-bond donors (Lipinski definition) is 1. The fourth-order valence-corrected chi connectivity index (χ4v) is 2.30. The van der Waals surface area contributed by atoms with Gasteiger partial charge in [-0.1, -0.05) is 18.2 Å². The molecule has 3 rings (SSSR count). The van der Waals surface area contributed by atoms with Crippen molar-refractivity contribution in [1.29, 1.82) is 0 Å². The molecule has 100 valence electrons. The number of anilines is 1. The Morgan fingerprint density at radius 2 is 2.05 bits per heavy atom. The van der Waals surface area contributed by atoms with E-state index < -0.39 is 6.03 Å². The van der Waals surface area contributed by atoms with Gasteiger partial charge in [0.1, 0.15) is 5.82 Å². The van der Waals surface area contributed by atoms with E-state index in [0.29, 0.717) is 16.8 Å². The first-order valence-corrected chi connectivity index (χ1v) is 6.15. The quantitative estimate of drug-likeness (QED) is 0.838. The number of benzene rings is 1. The van der Waals surface area contributed by atoms with Crippen LogP contribution in [0.25, 0.3) is 10.8 Å². The minimum absolute atomic E-state index is 0.233. The number of nitrogens with one attached hydrogen (secondary N) is 1. The molecule has 2 aromatic rings. The van der Waals surface area contributed by atoms with Gasteiger partial charge in [-0.3, -0.25) is 19.8 Å². The predicted octanol–water partition coefficient (Wildman–Crippen LogP) is 1.49. The Hall–Kier alpha value is -2.76. The molecule has 1 aliphatic heterocycles. The van der Waals surface area contributed by atoms with Crippen LogP contribution in [-0.4, -0.2) is 29.8 Å². The zero-order valence-electron chi connectivity index (χ0n) is 10.5. The average Bonchev–Trinajstić information content (AvgIpc) is 2.46. The number of aromatic nitrogens is 1. The number of nitrogens with zero attached hydrogens (tertiary/aromatic N) is 2. The van der Waals surface area contributed by atoms with Gasteiger partial charge in [-0.2, -0.15) is 0 Å². The van der Waals surface area contributed by atoms with Gasteiger partial charge in [0.2, 0.25) is 5.91 Å². The van der Waals surface area contributed by atoms with Crippen molar-refractivity contribution >= 4 is 34.8 Å². The van der Waals surface area contributed by atoms with Crippen molar-refractivity contribution < 1.29 is 14.4 Å². The Labute approximate surface area is 114 Å². The van der Waals surface area contributed by atoms with Crippen molar-refractivity contribution in [2.75, 3.05) is 11.4 Å². The van der Waals surface area contributed by atoms with Crippen LogP contribution in [0.5, 0.6) is 0 Å². The SMILES string of the molecule is O=Cc1cccc2c(N3CCC(=O)NC3=O)nccc12. The van der Waals surface area contributed by atoms with Crippen molar-refractivity contribution in [3.8, 4) is 0 Å². The van der Waals surface area contributed by atoms with Crippen molar-refractivity contribution in [3.05, 3.63) is 36.0 Å². The topological polar surface area (TPSA) is 79.4 Å². The van der Waals surface area contributed by atoms with Crippen LogP contribution >= 0.6 is 0 Å². The predicted molar refractivity (Wildman–Crippen MR) is 72.6 cm³/mol. The maximum absolute atomic E-state index is 11.9. The van der Waals surface area contributed by atoms with E-state index in [4.69, 9.17) is 0 Å². The highest BCUT2D eigenvalue weighted by molar-refractivity contribution is 6.10. The summed E-state index contributed by atoms with van der Waals surface area (Å²) in [4.78, 5) is 39.8. The lowest BCUT2D eigenvalue weighted by Gasteiger charge is -2.26. The minimum Gasteiger partial charge on any atom is -0.298 e. The normalized spacial score (nSPS) is 15.3. The molecule has 0 unspecified atom stereocenters. The highest BCUT2D eigenvalue weighted by Crippen LogP contribution is 2.27. The fraction of sp³-hybridized carbons (Fsp3) is 0.143. The molecule has 2 heterocycles. The number of rotatable bonds is 2. The molecule has 0 saturated carbocycles. The third-order valence-electron chi connectivity index (χ3n) is 3.26. The number of amides is 3. The second-order valence-corrected chi connectivity index (χ2v) is 4.45. The third-order valence-corrected chi connectivity index (χ3v) is 3.26. The van der Waals surface area contributed by atoms with Gasteiger partial charge < -0.3 is 0 Å². The lowest BCUT2D eigenvalue weighted by Crippen LogP contribution is -2.50. The van der Waals surface area contributed by atoms with Crippen LogP contribution in [0.3, 0.4) is 0 Å². The van der Waals surface area contributed by atoms with E-state index in [1.54, 1.807) is 30.5 Å². The maximum atomic E-state index is 11.9. The summed E-state index contributed by atoms with van der Waals surface area (Å²) in [5.74, 6) is 0.163. The Kier molecular flexibility index (Phi) is 2.90. The van der Waals surface area contributed by atoms with Crippen LogP contribution in [0.4, 0.5) is 10.6 Å². The van der Waals surface area contributed by atoms with Gasteiger partial charge in [0.15, 0.2) is 6.29 Å². The molecular weight excluding hydrogens is 258 g/mol. The van der Waals surface area contributed by atoms with E-state index >= 15 is 0 Å². The van der Waals surface area contributed by atoms with E-state index in [-0.39, 0.29) is 18.9 Å². The molecule has 1 aromatic heterocycles. The molecule has 1 aromatic carbocycles. The lowest BCUT2D eigenvalue weighted by molar-refractivity contribution is -0.120. The first-order valence-electron chi connectivity index (χ1n) is 6.15. The molecule has 6 heteroatoms. The largest absolute Gasteiger partial charge is 0.329 e. The van der Waals surface area contributed by atoms with Crippen LogP contribution in [0, 0.1) is 0 Å². The molecule has 3 amide bonds. The maximum Gasteiger partial charge on any atom is 0.329 e. The minimum atomic E-state index is -0.488. The monoisotopic (exact) mass is 269 g/mol. The van der Waals surface area contributed by atoms with Gasteiger partial charge in [-0.25, -0.2) is 9.78 Å². The molecule has 6 nitrogen and oxygen atoms in total. The zero-order valence-corrected chi connectivity index (χ0v) is 10.5. The summed E-state index contributed by atoms with van der Waals surface area (Å²) < 4.78 is 0. The Bertz CT molecular complexity index is 727. The number of hydrogen-bond acceptors (Lipinski definition) is 4. The average molecular weight is 269 g/mol. The molecular formula is C14H11N3O3. The van der Waals surface area contributed by atoms with E-state index in [9.17, 15) is 14.4 Å². The smallest absolute Gasteiger partial charge is 0.298 e. The zero-order chi connectivity index (χ0) is 14.1. The summed E-state index contributed by atoms with van der Waals surface area (Å²) in [6.07, 6.45) is 2.55. The Morgan fingerprint density at radius 1 is 1.20 bits per heavy atom. The number of fused-ring (bicyclic) bond motifs is 1. The van der Waals surface area contributed by atoms with Gasteiger partial charge in [0.05, 0.1) is 0 Å². The molecule has 1 N–H and O–H groups in total. The number of carbonyl (C=O) groups is 3. The van der Waals surface area contributed by atoms with E-state index in [2.05, 4.69) is 10.3 Å². The molecule has 0 bridgehead atoms. The van der Waals surface area contributed by atoms with E-state index in [0.717, 1.165) is 11.7 Å². The second kappa shape index (κ2) is 4.73.